The summed E-state index contributed by atoms with van der Waals surface area (Å²) in [6.45, 7) is 6.08. The van der Waals surface area contributed by atoms with Crippen LogP contribution in [-0.4, -0.2) is 30.0 Å². The number of carbonyl (C=O) groups is 2. The standard InChI is InChI=1S/C15H21N3O5/c1-15(2,3)9-13(19)23-7-6-17-11-5-4-10(14(16)20)8-12(11)18(21)22/h4-5,8,17H,6-7,9H2,1-3H3,(H2,16,20). The molecule has 1 aromatic rings. The second kappa shape index (κ2) is 7.57. The van der Waals surface area contributed by atoms with Crippen molar-refractivity contribution in [2.45, 2.75) is 27.2 Å². The minimum absolute atomic E-state index is 0.0545. The van der Waals surface area contributed by atoms with Crippen molar-refractivity contribution >= 4 is 23.3 Å². The molecule has 0 saturated heterocycles. The molecule has 1 aromatic carbocycles. The van der Waals surface area contributed by atoms with E-state index >= 15 is 0 Å². The molecule has 0 heterocycles. The summed E-state index contributed by atoms with van der Waals surface area (Å²) in [5.41, 5.74) is 4.96. The highest BCUT2D eigenvalue weighted by Gasteiger charge is 2.18. The van der Waals surface area contributed by atoms with Crippen LogP contribution in [-0.2, 0) is 9.53 Å². The molecule has 0 unspecified atom stereocenters. The summed E-state index contributed by atoms with van der Waals surface area (Å²) in [6, 6.07) is 3.90. The molecule has 8 heteroatoms. The third-order valence-corrected chi connectivity index (χ3v) is 2.83. The van der Waals surface area contributed by atoms with Crippen molar-refractivity contribution in [3.8, 4) is 0 Å². The first-order chi connectivity index (χ1) is 10.6. The number of rotatable bonds is 7. The Morgan fingerprint density at radius 2 is 2.00 bits per heavy atom. The van der Waals surface area contributed by atoms with Gasteiger partial charge in [0.15, 0.2) is 0 Å². The zero-order chi connectivity index (χ0) is 17.6. The summed E-state index contributed by atoms with van der Waals surface area (Å²) in [4.78, 5) is 33.0. The van der Waals surface area contributed by atoms with Crippen LogP contribution in [0.3, 0.4) is 0 Å². The molecular weight excluding hydrogens is 302 g/mol. The average molecular weight is 323 g/mol. The smallest absolute Gasteiger partial charge is 0.306 e. The first-order valence-electron chi connectivity index (χ1n) is 7.08. The molecule has 0 saturated carbocycles. The third kappa shape index (κ3) is 6.33. The molecule has 0 aromatic heterocycles. The van der Waals surface area contributed by atoms with Gasteiger partial charge in [-0.1, -0.05) is 20.8 Å². The van der Waals surface area contributed by atoms with E-state index in [1.54, 1.807) is 0 Å². The van der Waals surface area contributed by atoms with Crippen LogP contribution in [0.5, 0.6) is 0 Å². The molecule has 126 valence electrons. The van der Waals surface area contributed by atoms with Gasteiger partial charge in [0.2, 0.25) is 5.91 Å². The molecule has 8 nitrogen and oxygen atoms in total. The highest BCUT2D eigenvalue weighted by atomic mass is 16.6. The fourth-order valence-electron chi connectivity index (χ4n) is 1.82. The Balaban J connectivity index is 2.60. The van der Waals surface area contributed by atoms with E-state index in [9.17, 15) is 19.7 Å². The number of ether oxygens (including phenoxy) is 1. The lowest BCUT2D eigenvalue weighted by Crippen LogP contribution is -2.19. The molecule has 0 aliphatic carbocycles. The Morgan fingerprint density at radius 1 is 1.35 bits per heavy atom. The van der Waals surface area contributed by atoms with Gasteiger partial charge in [0.1, 0.15) is 12.3 Å². The number of nitro benzene ring substituents is 1. The van der Waals surface area contributed by atoms with Crippen LogP contribution < -0.4 is 11.1 Å². The number of benzene rings is 1. The largest absolute Gasteiger partial charge is 0.464 e. The van der Waals surface area contributed by atoms with E-state index in [4.69, 9.17) is 10.5 Å². The number of nitrogens with two attached hydrogens (primary N) is 1. The Labute approximate surface area is 134 Å². The minimum Gasteiger partial charge on any atom is -0.464 e. The van der Waals surface area contributed by atoms with Crippen LogP contribution in [0.25, 0.3) is 0 Å². The topological polar surface area (TPSA) is 125 Å². The van der Waals surface area contributed by atoms with Crippen molar-refractivity contribution in [2.75, 3.05) is 18.5 Å². The molecule has 0 aliphatic heterocycles. The van der Waals surface area contributed by atoms with Gasteiger partial charge in [0.25, 0.3) is 5.69 Å². The maximum atomic E-state index is 11.6. The van der Waals surface area contributed by atoms with E-state index in [-0.39, 0.29) is 41.5 Å². The van der Waals surface area contributed by atoms with E-state index in [2.05, 4.69) is 5.32 Å². The number of carbonyl (C=O) groups excluding carboxylic acids is 2. The molecular formula is C15H21N3O5. The lowest BCUT2D eigenvalue weighted by atomic mass is 9.93. The number of nitrogens with zero attached hydrogens (tertiary/aromatic N) is 1. The maximum Gasteiger partial charge on any atom is 0.306 e. The SMILES string of the molecule is CC(C)(C)CC(=O)OCCNc1ccc(C(N)=O)cc1[N+](=O)[O-]. The van der Waals surface area contributed by atoms with Crippen LogP contribution in [0.2, 0.25) is 0 Å². The highest BCUT2D eigenvalue weighted by Crippen LogP contribution is 2.25. The number of nitro groups is 1. The summed E-state index contributed by atoms with van der Waals surface area (Å²) >= 11 is 0. The molecule has 0 spiro atoms. The zero-order valence-electron chi connectivity index (χ0n) is 13.4. The van der Waals surface area contributed by atoms with Crippen molar-refractivity contribution < 1.29 is 19.2 Å². The fraction of sp³-hybridized carbons (Fsp3) is 0.467. The number of esters is 1. The predicted molar refractivity (Wildman–Crippen MR) is 85.1 cm³/mol. The molecule has 1 amide bonds. The van der Waals surface area contributed by atoms with Crippen molar-refractivity contribution in [3.05, 3.63) is 33.9 Å². The van der Waals surface area contributed by atoms with Crippen molar-refractivity contribution in [2.24, 2.45) is 11.1 Å². The van der Waals surface area contributed by atoms with Gasteiger partial charge in [-0.3, -0.25) is 19.7 Å². The lowest BCUT2D eigenvalue weighted by molar-refractivity contribution is -0.384. The first kappa shape index (κ1) is 18.4. The Kier molecular flexibility index (Phi) is 6.06. The monoisotopic (exact) mass is 323 g/mol. The van der Waals surface area contributed by atoms with Crippen molar-refractivity contribution in [1.82, 2.24) is 0 Å². The third-order valence-electron chi connectivity index (χ3n) is 2.83. The summed E-state index contributed by atoms with van der Waals surface area (Å²) < 4.78 is 5.06. The molecule has 23 heavy (non-hydrogen) atoms. The summed E-state index contributed by atoms with van der Waals surface area (Å²) in [7, 11) is 0. The Bertz CT molecular complexity index is 608. The number of hydrogen-bond acceptors (Lipinski definition) is 6. The van der Waals surface area contributed by atoms with Gasteiger partial charge in [0, 0.05) is 18.2 Å². The van der Waals surface area contributed by atoms with Gasteiger partial charge in [-0.15, -0.1) is 0 Å². The van der Waals surface area contributed by atoms with E-state index in [0.717, 1.165) is 6.07 Å². The van der Waals surface area contributed by atoms with Crippen LogP contribution in [0.4, 0.5) is 11.4 Å². The molecule has 0 bridgehead atoms. The van der Waals surface area contributed by atoms with Gasteiger partial charge in [0.05, 0.1) is 11.3 Å². The Hall–Kier alpha value is -2.64. The molecule has 0 radical (unpaired) electrons. The second-order valence-electron chi connectivity index (χ2n) is 6.24. The normalized spacial score (nSPS) is 10.9. The maximum absolute atomic E-state index is 11.6. The zero-order valence-corrected chi connectivity index (χ0v) is 13.4. The first-order valence-corrected chi connectivity index (χ1v) is 7.08. The fourth-order valence-corrected chi connectivity index (χ4v) is 1.82. The molecule has 1 rings (SSSR count). The second-order valence-corrected chi connectivity index (χ2v) is 6.24. The summed E-state index contributed by atoms with van der Waals surface area (Å²) in [5.74, 6) is -1.06. The van der Waals surface area contributed by atoms with Gasteiger partial charge in [-0.2, -0.15) is 0 Å². The van der Waals surface area contributed by atoms with E-state index in [1.165, 1.54) is 12.1 Å². The van der Waals surface area contributed by atoms with E-state index < -0.39 is 10.8 Å². The molecule has 0 atom stereocenters. The van der Waals surface area contributed by atoms with Crippen LogP contribution in [0.15, 0.2) is 18.2 Å². The lowest BCUT2D eigenvalue weighted by Gasteiger charge is -2.16. The van der Waals surface area contributed by atoms with Crippen molar-refractivity contribution in [3.63, 3.8) is 0 Å². The minimum atomic E-state index is -0.740. The van der Waals surface area contributed by atoms with Gasteiger partial charge in [-0.25, -0.2) is 0 Å². The van der Waals surface area contributed by atoms with E-state index in [1.807, 2.05) is 20.8 Å². The van der Waals surface area contributed by atoms with E-state index in [0.29, 0.717) is 6.42 Å². The number of anilines is 1. The molecule has 3 N–H and O–H groups in total. The Morgan fingerprint density at radius 3 is 2.52 bits per heavy atom. The molecule has 0 fully saturated rings. The van der Waals surface area contributed by atoms with Crippen LogP contribution in [0, 0.1) is 15.5 Å². The number of primary amides is 1. The number of hydrogen-bond donors (Lipinski definition) is 2. The van der Waals surface area contributed by atoms with Gasteiger partial charge >= 0.3 is 5.97 Å². The van der Waals surface area contributed by atoms with Crippen molar-refractivity contribution in [1.29, 1.82) is 0 Å². The van der Waals surface area contributed by atoms with Crippen LogP contribution in [0.1, 0.15) is 37.6 Å². The predicted octanol–water partition coefficient (Wildman–Crippen LogP) is 2.08. The van der Waals surface area contributed by atoms with Gasteiger partial charge < -0.3 is 15.8 Å². The number of nitrogens with one attached hydrogen (secondary N) is 1. The highest BCUT2D eigenvalue weighted by molar-refractivity contribution is 5.94. The summed E-state index contributed by atoms with van der Waals surface area (Å²) in [5, 5.41) is 13.8. The van der Waals surface area contributed by atoms with Crippen LogP contribution >= 0.6 is 0 Å². The number of amides is 1. The van der Waals surface area contributed by atoms with Gasteiger partial charge in [-0.05, 0) is 17.5 Å². The molecule has 0 aliphatic rings. The quantitative estimate of drug-likeness (QED) is 0.342. The average Bonchev–Trinajstić information content (AvgIpc) is 2.41. The summed E-state index contributed by atoms with van der Waals surface area (Å²) in [6.07, 6.45) is 0.292.